The van der Waals surface area contributed by atoms with E-state index in [1.54, 1.807) is 6.92 Å². The predicted octanol–water partition coefficient (Wildman–Crippen LogP) is 2.06. The monoisotopic (exact) mass is 384 g/mol. The van der Waals surface area contributed by atoms with Crippen LogP contribution >= 0.6 is 0 Å². The molecule has 0 unspecified atom stereocenters. The Hall–Kier alpha value is -3.75. The molecule has 0 fully saturated rings. The SMILES string of the molecule is CCn1c(=O)[nH]c2cc(C(=O)Nc3ccc(F)c(NC(C)=O)c3)ccc2c1=O. The van der Waals surface area contributed by atoms with Gasteiger partial charge >= 0.3 is 5.69 Å². The van der Waals surface area contributed by atoms with E-state index < -0.39 is 28.9 Å². The average Bonchev–Trinajstić information content (AvgIpc) is 2.64. The van der Waals surface area contributed by atoms with Crippen molar-refractivity contribution in [3.8, 4) is 0 Å². The third-order valence-corrected chi connectivity index (χ3v) is 4.10. The van der Waals surface area contributed by atoms with Crippen LogP contribution in [0.4, 0.5) is 15.8 Å². The Morgan fingerprint density at radius 1 is 1.11 bits per heavy atom. The van der Waals surface area contributed by atoms with Crippen molar-refractivity contribution in [3.05, 3.63) is 68.6 Å². The van der Waals surface area contributed by atoms with Crippen molar-refractivity contribution < 1.29 is 14.0 Å². The van der Waals surface area contributed by atoms with E-state index in [0.717, 1.165) is 10.6 Å². The lowest BCUT2D eigenvalue weighted by atomic mass is 10.1. The normalized spacial score (nSPS) is 10.7. The maximum Gasteiger partial charge on any atom is 0.328 e. The van der Waals surface area contributed by atoms with Crippen molar-refractivity contribution in [2.75, 3.05) is 10.6 Å². The number of aromatic amines is 1. The zero-order valence-corrected chi connectivity index (χ0v) is 15.1. The molecular weight excluding hydrogens is 367 g/mol. The first-order chi connectivity index (χ1) is 13.3. The first-order valence-electron chi connectivity index (χ1n) is 8.45. The summed E-state index contributed by atoms with van der Waals surface area (Å²) in [5.41, 5.74) is -0.353. The number of fused-ring (bicyclic) bond motifs is 1. The van der Waals surface area contributed by atoms with Crippen LogP contribution in [0.15, 0.2) is 46.0 Å². The number of benzene rings is 2. The van der Waals surface area contributed by atoms with Gasteiger partial charge in [0.25, 0.3) is 11.5 Å². The van der Waals surface area contributed by atoms with Crippen molar-refractivity contribution in [2.45, 2.75) is 20.4 Å². The second kappa shape index (κ2) is 7.47. The quantitative estimate of drug-likeness (QED) is 0.639. The fourth-order valence-electron chi connectivity index (χ4n) is 2.77. The highest BCUT2D eigenvalue weighted by Gasteiger charge is 2.12. The van der Waals surface area contributed by atoms with Crippen molar-refractivity contribution >= 4 is 34.1 Å². The number of H-pyrrole nitrogens is 1. The molecule has 0 saturated carbocycles. The van der Waals surface area contributed by atoms with Crippen molar-refractivity contribution in [1.82, 2.24) is 9.55 Å². The van der Waals surface area contributed by atoms with Crippen molar-refractivity contribution in [2.24, 2.45) is 0 Å². The second-order valence-electron chi connectivity index (χ2n) is 6.07. The number of rotatable bonds is 4. The molecule has 0 bridgehead atoms. The molecule has 0 spiro atoms. The van der Waals surface area contributed by atoms with Crippen LogP contribution in [-0.2, 0) is 11.3 Å². The van der Waals surface area contributed by atoms with E-state index in [4.69, 9.17) is 0 Å². The highest BCUT2D eigenvalue weighted by atomic mass is 19.1. The average molecular weight is 384 g/mol. The Balaban J connectivity index is 1.93. The molecule has 3 rings (SSSR count). The zero-order chi connectivity index (χ0) is 20.4. The number of nitrogens with one attached hydrogen (secondary N) is 3. The Kier molecular flexibility index (Phi) is 5.08. The van der Waals surface area contributed by atoms with Gasteiger partial charge in [0.1, 0.15) is 5.82 Å². The fourth-order valence-corrected chi connectivity index (χ4v) is 2.77. The number of hydrogen-bond acceptors (Lipinski definition) is 4. The minimum absolute atomic E-state index is 0.0618. The molecule has 9 heteroatoms. The number of carbonyl (C=O) groups excluding carboxylic acids is 2. The highest BCUT2D eigenvalue weighted by molar-refractivity contribution is 6.06. The lowest BCUT2D eigenvalue weighted by Crippen LogP contribution is -2.34. The summed E-state index contributed by atoms with van der Waals surface area (Å²) in [6, 6.07) is 8.06. The third-order valence-electron chi connectivity index (χ3n) is 4.10. The Bertz CT molecular complexity index is 1210. The van der Waals surface area contributed by atoms with Gasteiger partial charge in [-0.15, -0.1) is 0 Å². The zero-order valence-electron chi connectivity index (χ0n) is 15.1. The van der Waals surface area contributed by atoms with Crippen LogP contribution in [0.5, 0.6) is 0 Å². The molecule has 0 atom stereocenters. The van der Waals surface area contributed by atoms with Crippen LogP contribution in [0.2, 0.25) is 0 Å². The molecule has 2 aromatic carbocycles. The van der Waals surface area contributed by atoms with Gasteiger partial charge < -0.3 is 15.6 Å². The highest BCUT2D eigenvalue weighted by Crippen LogP contribution is 2.20. The van der Waals surface area contributed by atoms with E-state index in [1.807, 2.05) is 0 Å². The summed E-state index contributed by atoms with van der Waals surface area (Å²) in [6.45, 7) is 3.16. The van der Waals surface area contributed by atoms with E-state index in [0.29, 0.717) is 0 Å². The minimum atomic E-state index is -0.635. The first kappa shape index (κ1) is 19.0. The first-order valence-corrected chi connectivity index (χ1v) is 8.45. The molecule has 0 radical (unpaired) electrons. The summed E-state index contributed by atoms with van der Waals surface area (Å²) >= 11 is 0. The molecule has 0 aliphatic heterocycles. The standard InChI is InChI=1S/C19H17FN4O4/c1-3-24-18(27)13-6-4-11(8-15(13)23-19(24)28)17(26)22-12-5-7-14(20)16(9-12)21-10(2)25/h4-9H,3H2,1-2H3,(H,21,25)(H,22,26)(H,23,28). The molecular formula is C19H17FN4O4. The molecule has 8 nitrogen and oxygen atoms in total. The van der Waals surface area contributed by atoms with E-state index in [9.17, 15) is 23.6 Å². The molecule has 144 valence electrons. The third kappa shape index (κ3) is 3.68. The van der Waals surface area contributed by atoms with Gasteiger partial charge in [0.05, 0.1) is 16.6 Å². The van der Waals surface area contributed by atoms with Crippen molar-refractivity contribution in [3.63, 3.8) is 0 Å². The van der Waals surface area contributed by atoms with Gasteiger partial charge in [-0.2, -0.15) is 0 Å². The lowest BCUT2D eigenvalue weighted by molar-refractivity contribution is -0.114. The predicted molar refractivity (Wildman–Crippen MR) is 103 cm³/mol. The number of carbonyl (C=O) groups is 2. The smallest absolute Gasteiger partial charge is 0.324 e. The van der Waals surface area contributed by atoms with Gasteiger partial charge in [-0.05, 0) is 43.3 Å². The van der Waals surface area contributed by atoms with Crippen LogP contribution in [-0.4, -0.2) is 21.4 Å². The minimum Gasteiger partial charge on any atom is -0.324 e. The Labute approximate surface area is 158 Å². The van der Waals surface area contributed by atoms with E-state index >= 15 is 0 Å². The second-order valence-corrected chi connectivity index (χ2v) is 6.07. The van der Waals surface area contributed by atoms with Crippen LogP contribution in [0.3, 0.4) is 0 Å². The summed E-state index contributed by atoms with van der Waals surface area (Å²) in [4.78, 5) is 50.4. The van der Waals surface area contributed by atoms with E-state index in [1.165, 1.54) is 37.3 Å². The van der Waals surface area contributed by atoms with Gasteiger partial charge in [0.2, 0.25) is 5.91 Å². The molecule has 0 aliphatic carbocycles. The van der Waals surface area contributed by atoms with Crippen molar-refractivity contribution in [1.29, 1.82) is 0 Å². The van der Waals surface area contributed by atoms with Crippen LogP contribution in [0.1, 0.15) is 24.2 Å². The molecule has 1 aromatic heterocycles. The van der Waals surface area contributed by atoms with Gasteiger partial charge in [0.15, 0.2) is 0 Å². The summed E-state index contributed by atoms with van der Waals surface area (Å²) in [5.74, 6) is -1.61. The summed E-state index contributed by atoms with van der Waals surface area (Å²) in [6.07, 6.45) is 0. The lowest BCUT2D eigenvalue weighted by Gasteiger charge is -2.10. The molecule has 0 aliphatic rings. The van der Waals surface area contributed by atoms with Gasteiger partial charge in [-0.1, -0.05) is 0 Å². The Morgan fingerprint density at radius 2 is 1.86 bits per heavy atom. The number of hydrogen-bond donors (Lipinski definition) is 3. The number of nitrogens with zero attached hydrogens (tertiary/aromatic N) is 1. The molecule has 3 aromatic rings. The summed E-state index contributed by atoms with van der Waals surface area (Å²) in [5, 5.41) is 5.20. The van der Waals surface area contributed by atoms with Gasteiger partial charge in [0, 0.05) is 24.7 Å². The molecule has 28 heavy (non-hydrogen) atoms. The molecule has 0 saturated heterocycles. The number of halogens is 1. The number of amides is 2. The van der Waals surface area contributed by atoms with Crippen LogP contribution in [0, 0.1) is 5.82 Å². The van der Waals surface area contributed by atoms with Gasteiger partial charge in [-0.25, -0.2) is 9.18 Å². The van der Waals surface area contributed by atoms with E-state index in [2.05, 4.69) is 15.6 Å². The molecule has 3 N–H and O–H groups in total. The summed E-state index contributed by atoms with van der Waals surface area (Å²) in [7, 11) is 0. The Morgan fingerprint density at radius 3 is 2.54 bits per heavy atom. The topological polar surface area (TPSA) is 113 Å². The maximum atomic E-state index is 13.7. The maximum absolute atomic E-state index is 13.7. The van der Waals surface area contributed by atoms with Gasteiger partial charge in [-0.3, -0.25) is 19.0 Å². The number of aromatic nitrogens is 2. The molecule has 1 heterocycles. The fraction of sp³-hybridized carbons (Fsp3) is 0.158. The largest absolute Gasteiger partial charge is 0.328 e. The van der Waals surface area contributed by atoms with E-state index in [-0.39, 0.29) is 34.4 Å². The number of anilines is 2. The summed E-state index contributed by atoms with van der Waals surface area (Å²) < 4.78 is 14.8. The van der Waals surface area contributed by atoms with Crippen LogP contribution < -0.4 is 21.9 Å². The van der Waals surface area contributed by atoms with Crippen LogP contribution in [0.25, 0.3) is 10.9 Å². The molecule has 2 amide bonds.